The van der Waals surface area contributed by atoms with Crippen molar-refractivity contribution in [3.05, 3.63) is 41.7 Å². The molecule has 26 heavy (non-hydrogen) atoms. The first-order valence-electron chi connectivity index (χ1n) is 8.28. The third-order valence-electron chi connectivity index (χ3n) is 4.18. The summed E-state index contributed by atoms with van der Waals surface area (Å²) in [6.45, 7) is 0.623. The van der Waals surface area contributed by atoms with Crippen molar-refractivity contribution in [2.75, 3.05) is 11.9 Å². The van der Waals surface area contributed by atoms with Crippen LogP contribution in [0.4, 0.5) is 9.52 Å². The Kier molecular flexibility index (Phi) is 4.52. The number of benzene rings is 1. The lowest BCUT2D eigenvalue weighted by atomic mass is 10.1. The van der Waals surface area contributed by atoms with Crippen LogP contribution in [0.5, 0.6) is 0 Å². The highest BCUT2D eigenvalue weighted by molar-refractivity contribution is 7.14. The number of amides is 1. The molecule has 1 aliphatic rings. The number of ether oxygens (including phenoxy) is 1. The fourth-order valence-corrected chi connectivity index (χ4v) is 3.64. The van der Waals surface area contributed by atoms with Gasteiger partial charge < -0.3 is 4.74 Å². The van der Waals surface area contributed by atoms with Gasteiger partial charge in [0, 0.05) is 36.4 Å². The van der Waals surface area contributed by atoms with Crippen LogP contribution in [-0.4, -0.2) is 33.4 Å². The largest absolute Gasteiger partial charge is 0.368 e. The fraction of sp³-hybridized carbons (Fsp3) is 0.278. The second-order valence-corrected chi connectivity index (χ2v) is 6.96. The number of rotatable bonds is 4. The second kappa shape index (κ2) is 6.97. The molecule has 1 atom stereocenters. The number of nitrogens with one attached hydrogen (secondary N) is 1. The quantitative estimate of drug-likeness (QED) is 0.761. The predicted octanol–water partition coefficient (Wildman–Crippen LogP) is 3.47. The van der Waals surface area contributed by atoms with E-state index in [4.69, 9.17) is 4.74 Å². The van der Waals surface area contributed by atoms with Gasteiger partial charge in [-0.1, -0.05) is 0 Å². The summed E-state index contributed by atoms with van der Waals surface area (Å²) < 4.78 is 20.3. The average Bonchev–Trinajstić information content (AvgIpc) is 3.35. The number of aromatic nitrogens is 3. The molecule has 1 N–H and O–H groups in total. The van der Waals surface area contributed by atoms with Crippen LogP contribution in [0.25, 0.3) is 22.5 Å². The Bertz CT molecular complexity index is 929. The molecule has 0 bridgehead atoms. The third-order valence-corrected chi connectivity index (χ3v) is 4.94. The lowest BCUT2D eigenvalue weighted by Crippen LogP contribution is -2.26. The van der Waals surface area contributed by atoms with Crippen molar-refractivity contribution >= 4 is 22.4 Å². The highest BCUT2D eigenvalue weighted by Gasteiger charge is 2.24. The molecule has 0 radical (unpaired) electrons. The Labute approximate surface area is 153 Å². The van der Waals surface area contributed by atoms with E-state index in [9.17, 15) is 9.18 Å². The van der Waals surface area contributed by atoms with Crippen molar-refractivity contribution in [1.29, 1.82) is 0 Å². The van der Waals surface area contributed by atoms with E-state index in [0.29, 0.717) is 17.4 Å². The van der Waals surface area contributed by atoms with Crippen molar-refractivity contribution < 1.29 is 13.9 Å². The lowest BCUT2D eigenvalue weighted by molar-refractivity contribution is -0.124. The Balaban J connectivity index is 1.59. The van der Waals surface area contributed by atoms with E-state index in [0.717, 1.165) is 29.7 Å². The first-order chi connectivity index (χ1) is 12.6. The van der Waals surface area contributed by atoms with E-state index < -0.39 is 6.10 Å². The lowest BCUT2D eigenvalue weighted by Gasteiger charge is -2.07. The van der Waals surface area contributed by atoms with Gasteiger partial charge in [-0.15, -0.1) is 11.3 Å². The molecule has 1 aromatic carbocycles. The van der Waals surface area contributed by atoms with Crippen LogP contribution in [0.2, 0.25) is 0 Å². The Morgan fingerprint density at radius 1 is 1.38 bits per heavy atom. The van der Waals surface area contributed by atoms with Crippen LogP contribution in [0.3, 0.4) is 0 Å². The smallest absolute Gasteiger partial charge is 0.255 e. The molecule has 1 aliphatic heterocycles. The molecule has 0 spiro atoms. The van der Waals surface area contributed by atoms with Crippen molar-refractivity contribution in [2.45, 2.75) is 18.9 Å². The normalized spacial score (nSPS) is 16.8. The number of thiazole rings is 1. The second-order valence-electron chi connectivity index (χ2n) is 6.10. The number of aryl methyl sites for hydroxylation is 1. The standard InChI is InChI=1S/C18H17FN4O2S/c1-23-9-13(16(22-23)11-4-6-12(19)7-5-11)14-10-26-18(20-14)21-17(24)15-3-2-8-25-15/h4-7,9-10,15H,2-3,8H2,1H3,(H,20,21,24). The zero-order valence-corrected chi connectivity index (χ0v) is 14.9. The molecule has 1 unspecified atom stereocenters. The van der Waals surface area contributed by atoms with Crippen molar-refractivity contribution in [3.63, 3.8) is 0 Å². The highest BCUT2D eigenvalue weighted by Crippen LogP contribution is 2.33. The number of hydrogen-bond donors (Lipinski definition) is 1. The van der Waals surface area contributed by atoms with Crippen LogP contribution < -0.4 is 5.32 Å². The van der Waals surface area contributed by atoms with E-state index in [2.05, 4.69) is 15.4 Å². The molecule has 2 aromatic heterocycles. The van der Waals surface area contributed by atoms with Crippen LogP contribution in [-0.2, 0) is 16.6 Å². The molecule has 1 saturated heterocycles. The molecule has 3 heterocycles. The van der Waals surface area contributed by atoms with Gasteiger partial charge in [-0.25, -0.2) is 9.37 Å². The molecule has 0 aliphatic carbocycles. The van der Waals surface area contributed by atoms with Crippen LogP contribution in [0.15, 0.2) is 35.8 Å². The predicted molar refractivity (Wildman–Crippen MR) is 97.3 cm³/mol. The first kappa shape index (κ1) is 16.9. The molecule has 0 saturated carbocycles. The minimum atomic E-state index is -0.393. The summed E-state index contributed by atoms with van der Waals surface area (Å²) in [6, 6.07) is 6.19. The van der Waals surface area contributed by atoms with Gasteiger partial charge in [0.1, 0.15) is 17.6 Å². The van der Waals surface area contributed by atoms with Crippen molar-refractivity contribution in [2.24, 2.45) is 7.05 Å². The SMILES string of the molecule is Cn1cc(-c2csc(NC(=O)C3CCCO3)n2)c(-c2ccc(F)cc2)n1. The highest BCUT2D eigenvalue weighted by atomic mass is 32.1. The maximum Gasteiger partial charge on any atom is 0.255 e. The van der Waals surface area contributed by atoms with Crippen LogP contribution in [0.1, 0.15) is 12.8 Å². The van der Waals surface area contributed by atoms with Crippen LogP contribution >= 0.6 is 11.3 Å². The summed E-state index contributed by atoms with van der Waals surface area (Å²) in [6.07, 6.45) is 3.11. The van der Waals surface area contributed by atoms with Crippen molar-refractivity contribution in [3.8, 4) is 22.5 Å². The van der Waals surface area contributed by atoms with E-state index in [-0.39, 0.29) is 11.7 Å². The maximum absolute atomic E-state index is 13.2. The number of hydrogen-bond acceptors (Lipinski definition) is 5. The Morgan fingerprint density at radius 3 is 2.92 bits per heavy atom. The topological polar surface area (TPSA) is 69.0 Å². The van der Waals surface area contributed by atoms with Crippen molar-refractivity contribution in [1.82, 2.24) is 14.8 Å². The molecule has 4 rings (SSSR count). The molecular weight excluding hydrogens is 355 g/mol. The number of carbonyl (C=O) groups is 1. The van der Waals surface area contributed by atoms with Gasteiger partial charge in [-0.2, -0.15) is 5.10 Å². The fourth-order valence-electron chi connectivity index (χ4n) is 2.92. The summed E-state index contributed by atoms with van der Waals surface area (Å²) >= 11 is 1.35. The van der Waals surface area contributed by atoms with E-state index >= 15 is 0 Å². The zero-order chi connectivity index (χ0) is 18.1. The van der Waals surface area contributed by atoms with Gasteiger partial charge >= 0.3 is 0 Å². The molecule has 1 fully saturated rings. The zero-order valence-electron chi connectivity index (χ0n) is 14.1. The summed E-state index contributed by atoms with van der Waals surface area (Å²) in [4.78, 5) is 16.7. The summed E-state index contributed by atoms with van der Waals surface area (Å²) in [5, 5.41) is 9.68. The van der Waals surface area contributed by atoms with Gasteiger partial charge in [0.2, 0.25) is 0 Å². The molecule has 134 valence electrons. The van der Waals surface area contributed by atoms with Gasteiger partial charge in [0.05, 0.1) is 5.69 Å². The number of nitrogens with zero attached hydrogens (tertiary/aromatic N) is 3. The summed E-state index contributed by atoms with van der Waals surface area (Å²) in [5.41, 5.74) is 3.06. The summed E-state index contributed by atoms with van der Waals surface area (Å²) in [7, 11) is 1.82. The van der Waals surface area contributed by atoms with E-state index in [1.54, 1.807) is 16.8 Å². The maximum atomic E-state index is 13.2. The molecular formula is C18H17FN4O2S. The Morgan fingerprint density at radius 2 is 2.19 bits per heavy atom. The van der Waals surface area contributed by atoms with Gasteiger partial charge in [0.15, 0.2) is 5.13 Å². The monoisotopic (exact) mass is 372 g/mol. The average molecular weight is 372 g/mol. The van der Waals surface area contributed by atoms with Gasteiger partial charge in [0.25, 0.3) is 5.91 Å². The molecule has 6 nitrogen and oxygen atoms in total. The number of halogens is 1. The summed E-state index contributed by atoms with van der Waals surface area (Å²) in [5.74, 6) is -0.452. The van der Waals surface area contributed by atoms with E-state index in [1.807, 2.05) is 18.6 Å². The molecule has 3 aromatic rings. The minimum Gasteiger partial charge on any atom is -0.368 e. The number of carbonyl (C=O) groups excluding carboxylic acids is 1. The number of anilines is 1. The minimum absolute atomic E-state index is 0.159. The molecule has 1 amide bonds. The first-order valence-corrected chi connectivity index (χ1v) is 9.16. The van der Waals surface area contributed by atoms with Gasteiger partial charge in [-0.3, -0.25) is 14.8 Å². The Hall–Kier alpha value is -2.58. The van der Waals surface area contributed by atoms with Crippen LogP contribution in [0, 0.1) is 5.82 Å². The third kappa shape index (κ3) is 3.38. The van der Waals surface area contributed by atoms with Gasteiger partial charge in [-0.05, 0) is 37.1 Å². The van der Waals surface area contributed by atoms with E-state index in [1.165, 1.54) is 23.5 Å². The molecule has 8 heteroatoms.